The third-order valence-corrected chi connectivity index (χ3v) is 4.56. The molecule has 5 heteroatoms. The second-order valence-corrected chi connectivity index (χ2v) is 6.71. The molecule has 0 radical (unpaired) electrons. The van der Waals surface area contributed by atoms with Crippen LogP contribution in [0, 0.1) is 5.92 Å². The van der Waals surface area contributed by atoms with E-state index in [0.717, 1.165) is 24.0 Å². The summed E-state index contributed by atoms with van der Waals surface area (Å²) >= 11 is 0. The highest BCUT2D eigenvalue weighted by molar-refractivity contribution is 5.83. The zero-order chi connectivity index (χ0) is 16.6. The maximum atomic E-state index is 10.4. The maximum Gasteiger partial charge on any atom is 0.229 e. The van der Waals surface area contributed by atoms with Crippen LogP contribution >= 0.6 is 0 Å². The summed E-state index contributed by atoms with van der Waals surface area (Å²) in [6.07, 6.45) is 2.53. The van der Waals surface area contributed by atoms with E-state index in [2.05, 4.69) is 22.3 Å². The van der Waals surface area contributed by atoms with Crippen molar-refractivity contribution in [3.8, 4) is 5.75 Å². The van der Waals surface area contributed by atoms with Gasteiger partial charge in [-0.05, 0) is 48.6 Å². The van der Waals surface area contributed by atoms with Crippen LogP contribution in [0.5, 0.6) is 5.75 Å². The molecule has 0 spiro atoms. The number of fused-ring (bicyclic) bond motifs is 1. The molecule has 1 aliphatic carbocycles. The van der Waals surface area contributed by atoms with Gasteiger partial charge in [-0.3, -0.25) is 0 Å². The van der Waals surface area contributed by atoms with Crippen LogP contribution in [0.1, 0.15) is 31.5 Å². The van der Waals surface area contributed by atoms with Gasteiger partial charge < -0.3 is 14.4 Å². The van der Waals surface area contributed by atoms with Crippen molar-refractivity contribution in [1.29, 1.82) is 0 Å². The summed E-state index contributed by atoms with van der Waals surface area (Å²) in [6.45, 7) is 2.08. The summed E-state index contributed by atoms with van der Waals surface area (Å²) in [4.78, 5) is 4.32. The first-order chi connectivity index (χ1) is 11.6. The summed E-state index contributed by atoms with van der Waals surface area (Å²) < 4.78 is 11.0. The lowest BCUT2D eigenvalue weighted by Crippen LogP contribution is -2.29. The van der Waals surface area contributed by atoms with Crippen LogP contribution in [-0.2, 0) is 13.0 Å². The second-order valence-electron chi connectivity index (χ2n) is 6.71. The Morgan fingerprint density at radius 3 is 2.79 bits per heavy atom. The van der Waals surface area contributed by atoms with Gasteiger partial charge in [0, 0.05) is 0 Å². The Hall–Kier alpha value is -2.40. The molecule has 5 nitrogen and oxygen atoms in total. The number of ether oxygens (including phenoxy) is 1. The van der Waals surface area contributed by atoms with Gasteiger partial charge in [0.05, 0.1) is 12.0 Å². The van der Waals surface area contributed by atoms with Crippen molar-refractivity contribution in [2.45, 2.75) is 38.4 Å². The summed E-state index contributed by atoms with van der Waals surface area (Å²) in [5, 5.41) is 16.6. The van der Waals surface area contributed by atoms with Crippen molar-refractivity contribution in [3.63, 3.8) is 0 Å². The smallest absolute Gasteiger partial charge is 0.229 e. The van der Waals surface area contributed by atoms with Gasteiger partial charge in [-0.25, -0.2) is 0 Å². The van der Waals surface area contributed by atoms with Crippen molar-refractivity contribution in [1.82, 2.24) is 10.1 Å². The lowest BCUT2D eigenvalue weighted by molar-refractivity contribution is 0.0296. The number of aromatic nitrogens is 2. The Morgan fingerprint density at radius 2 is 2.00 bits per heavy atom. The Kier molecular flexibility index (Phi) is 3.73. The summed E-state index contributed by atoms with van der Waals surface area (Å²) in [7, 11) is 0. The molecule has 124 valence electrons. The topological polar surface area (TPSA) is 68.4 Å². The first-order valence-corrected chi connectivity index (χ1v) is 8.26. The minimum atomic E-state index is -0.761. The Morgan fingerprint density at radius 1 is 1.21 bits per heavy atom. The molecule has 24 heavy (non-hydrogen) atoms. The number of hydrogen-bond donors (Lipinski definition) is 1. The van der Waals surface area contributed by atoms with Crippen molar-refractivity contribution in [2.75, 3.05) is 0 Å². The molecule has 2 aromatic carbocycles. The van der Waals surface area contributed by atoms with E-state index in [1.54, 1.807) is 0 Å². The monoisotopic (exact) mass is 324 g/mol. The number of aliphatic hydroxyl groups is 1. The lowest BCUT2D eigenvalue weighted by Gasteiger charge is -2.20. The van der Waals surface area contributed by atoms with Crippen molar-refractivity contribution in [3.05, 3.63) is 54.2 Å². The molecule has 1 aromatic heterocycles. The van der Waals surface area contributed by atoms with Gasteiger partial charge in [-0.2, -0.15) is 4.98 Å². The number of benzene rings is 2. The Balaban J connectivity index is 1.40. The van der Waals surface area contributed by atoms with E-state index in [0.29, 0.717) is 24.1 Å². The summed E-state index contributed by atoms with van der Waals surface area (Å²) in [6, 6.07) is 14.1. The van der Waals surface area contributed by atoms with Gasteiger partial charge >= 0.3 is 0 Å². The maximum absolute atomic E-state index is 10.4. The summed E-state index contributed by atoms with van der Waals surface area (Å²) in [5.74, 6) is 2.07. The quantitative estimate of drug-likeness (QED) is 0.751. The fourth-order valence-electron chi connectivity index (χ4n) is 2.98. The predicted molar refractivity (Wildman–Crippen MR) is 89.6 cm³/mol. The SMILES string of the molecule is CC(O)(Cc1nc(COc2ccc3ccccc3c2)no1)C1CC1. The molecule has 3 aromatic rings. The molecule has 1 fully saturated rings. The molecule has 0 aliphatic heterocycles. The van der Waals surface area contributed by atoms with Crippen LogP contribution in [0.3, 0.4) is 0 Å². The van der Waals surface area contributed by atoms with Crippen molar-refractivity contribution in [2.24, 2.45) is 5.92 Å². The van der Waals surface area contributed by atoms with Crippen LogP contribution < -0.4 is 4.74 Å². The molecule has 1 unspecified atom stereocenters. The van der Waals surface area contributed by atoms with E-state index in [-0.39, 0.29) is 6.61 Å². The molecule has 1 aliphatic rings. The largest absolute Gasteiger partial charge is 0.485 e. The van der Waals surface area contributed by atoms with E-state index in [9.17, 15) is 5.11 Å². The molecule has 0 bridgehead atoms. The Bertz CT molecular complexity index is 852. The van der Waals surface area contributed by atoms with E-state index in [1.807, 2.05) is 37.3 Å². The van der Waals surface area contributed by atoms with Crippen molar-refractivity contribution >= 4 is 10.8 Å². The molecular formula is C19H20N2O3. The van der Waals surface area contributed by atoms with E-state index in [1.165, 1.54) is 5.39 Å². The highest BCUT2D eigenvalue weighted by Gasteiger charge is 2.41. The molecule has 1 heterocycles. The van der Waals surface area contributed by atoms with E-state index < -0.39 is 5.60 Å². The van der Waals surface area contributed by atoms with Crippen molar-refractivity contribution < 1.29 is 14.4 Å². The van der Waals surface area contributed by atoms with E-state index in [4.69, 9.17) is 9.26 Å². The minimum absolute atomic E-state index is 0.243. The molecule has 1 N–H and O–H groups in total. The first-order valence-electron chi connectivity index (χ1n) is 8.26. The first kappa shape index (κ1) is 15.1. The van der Waals surface area contributed by atoms with Crippen LogP contribution in [-0.4, -0.2) is 20.8 Å². The lowest BCUT2D eigenvalue weighted by atomic mass is 9.96. The fraction of sp³-hybridized carbons (Fsp3) is 0.368. The zero-order valence-electron chi connectivity index (χ0n) is 13.6. The number of rotatable bonds is 6. The third kappa shape index (κ3) is 3.26. The average molecular weight is 324 g/mol. The molecule has 4 rings (SSSR count). The molecular weight excluding hydrogens is 304 g/mol. The van der Waals surface area contributed by atoms with E-state index >= 15 is 0 Å². The normalized spacial score (nSPS) is 16.9. The van der Waals surface area contributed by atoms with Crippen LogP contribution in [0.2, 0.25) is 0 Å². The summed E-state index contributed by atoms with van der Waals surface area (Å²) in [5.41, 5.74) is -0.761. The second kappa shape index (κ2) is 5.91. The molecule has 0 amide bonds. The van der Waals surface area contributed by atoms with Gasteiger partial charge in [-0.15, -0.1) is 0 Å². The van der Waals surface area contributed by atoms with Crippen LogP contribution in [0.25, 0.3) is 10.8 Å². The minimum Gasteiger partial charge on any atom is -0.485 e. The average Bonchev–Trinajstić information content (AvgIpc) is 3.35. The van der Waals surface area contributed by atoms with Gasteiger partial charge in [-0.1, -0.05) is 35.5 Å². The van der Waals surface area contributed by atoms with Crippen LogP contribution in [0.15, 0.2) is 47.0 Å². The third-order valence-electron chi connectivity index (χ3n) is 4.56. The fourth-order valence-corrected chi connectivity index (χ4v) is 2.98. The highest BCUT2D eigenvalue weighted by atomic mass is 16.5. The molecule has 0 saturated heterocycles. The van der Waals surface area contributed by atoms with Gasteiger partial charge in [0.1, 0.15) is 5.75 Å². The molecule has 1 atom stereocenters. The van der Waals surface area contributed by atoms with Crippen LogP contribution in [0.4, 0.5) is 0 Å². The number of hydrogen-bond acceptors (Lipinski definition) is 5. The molecule has 1 saturated carbocycles. The standard InChI is InChI=1S/C19H20N2O3/c1-19(22,15-7-8-15)11-18-20-17(21-24-18)12-23-16-9-6-13-4-2-3-5-14(13)10-16/h2-6,9-10,15,22H,7-8,11-12H2,1H3. The Labute approximate surface area is 140 Å². The van der Waals surface area contributed by atoms with Gasteiger partial charge in [0.15, 0.2) is 6.61 Å². The highest BCUT2D eigenvalue weighted by Crippen LogP contribution is 2.40. The zero-order valence-corrected chi connectivity index (χ0v) is 13.6. The number of nitrogens with zero attached hydrogens (tertiary/aromatic N) is 2. The van der Waals surface area contributed by atoms with Gasteiger partial charge in [0.25, 0.3) is 0 Å². The predicted octanol–water partition coefficient (Wildman–Crippen LogP) is 3.51. The van der Waals surface area contributed by atoms with Gasteiger partial charge in [0.2, 0.25) is 11.7 Å².